The maximum Gasteiger partial charge on any atom is 0.324 e. The molecule has 0 aromatic carbocycles. The van der Waals surface area contributed by atoms with Gasteiger partial charge in [0.1, 0.15) is 0 Å². The predicted molar refractivity (Wildman–Crippen MR) is 119 cm³/mol. The number of carbonyl (C=O) groups excluding carboxylic acids is 2. The van der Waals surface area contributed by atoms with Gasteiger partial charge in [-0.25, -0.2) is 9.78 Å². The molecule has 1 heterocycles. The van der Waals surface area contributed by atoms with Crippen LogP contribution in [0.3, 0.4) is 0 Å². The van der Waals surface area contributed by atoms with E-state index < -0.39 is 0 Å². The summed E-state index contributed by atoms with van der Waals surface area (Å²) in [6, 6.07) is 0.747. The molecule has 29 heavy (non-hydrogen) atoms. The minimum atomic E-state index is -0.173. The van der Waals surface area contributed by atoms with Gasteiger partial charge >= 0.3 is 12.0 Å². The number of nitrogens with zero attached hydrogens (tertiary/aromatic N) is 2. The van der Waals surface area contributed by atoms with Crippen LogP contribution in [0.15, 0.2) is 10.4 Å². The quantitative estimate of drug-likeness (QED) is 0.320. The van der Waals surface area contributed by atoms with Crippen LogP contribution >= 0.6 is 23.1 Å². The highest BCUT2D eigenvalue weighted by Crippen LogP contribution is 2.33. The summed E-state index contributed by atoms with van der Waals surface area (Å²) >= 11 is 3.06. The fourth-order valence-corrected chi connectivity index (χ4v) is 6.22. The van der Waals surface area contributed by atoms with E-state index >= 15 is 0 Å². The van der Waals surface area contributed by atoms with Crippen molar-refractivity contribution in [3.05, 3.63) is 6.20 Å². The van der Waals surface area contributed by atoms with E-state index in [-0.39, 0.29) is 12.0 Å². The third-order valence-corrected chi connectivity index (χ3v) is 7.83. The zero-order chi connectivity index (χ0) is 20.5. The van der Waals surface area contributed by atoms with Gasteiger partial charge in [0.15, 0.2) is 5.13 Å². The van der Waals surface area contributed by atoms with Crippen LogP contribution in [0.1, 0.15) is 77.6 Å². The van der Waals surface area contributed by atoms with E-state index in [9.17, 15) is 9.59 Å². The minimum absolute atomic E-state index is 0.0150. The summed E-state index contributed by atoms with van der Waals surface area (Å²) in [7, 11) is 0. The van der Waals surface area contributed by atoms with E-state index in [1.807, 2.05) is 6.92 Å². The molecule has 0 unspecified atom stereocenters. The van der Waals surface area contributed by atoms with Crippen LogP contribution < -0.4 is 5.32 Å². The molecule has 0 atom stereocenters. The number of thiazole rings is 1. The highest BCUT2D eigenvalue weighted by molar-refractivity contribution is 8.01. The van der Waals surface area contributed by atoms with E-state index in [2.05, 4.69) is 15.2 Å². The molecule has 0 bridgehead atoms. The van der Waals surface area contributed by atoms with E-state index in [1.165, 1.54) is 49.9 Å². The molecule has 2 amide bonds. The van der Waals surface area contributed by atoms with E-state index in [0.29, 0.717) is 36.0 Å². The van der Waals surface area contributed by atoms with Gasteiger partial charge in [-0.1, -0.05) is 49.9 Å². The van der Waals surface area contributed by atoms with Gasteiger partial charge in [0, 0.05) is 17.8 Å². The molecule has 2 aliphatic rings. The Morgan fingerprint density at radius 1 is 1.14 bits per heavy atom. The normalized spacial score (nSPS) is 18.4. The van der Waals surface area contributed by atoms with Gasteiger partial charge in [-0.05, 0) is 32.6 Å². The Bertz CT molecular complexity index is 653. The van der Waals surface area contributed by atoms with Crippen molar-refractivity contribution < 1.29 is 14.3 Å². The maximum atomic E-state index is 13.2. The number of rotatable bonds is 8. The maximum absolute atomic E-state index is 13.2. The van der Waals surface area contributed by atoms with E-state index in [4.69, 9.17) is 4.74 Å². The lowest BCUT2D eigenvalue weighted by Gasteiger charge is -2.36. The summed E-state index contributed by atoms with van der Waals surface area (Å²) in [5.41, 5.74) is 0. The number of hydrogen-bond donors (Lipinski definition) is 1. The minimum Gasteiger partial charge on any atom is -0.466 e. The number of amides is 2. The van der Waals surface area contributed by atoms with Crippen LogP contribution in [-0.2, 0) is 9.53 Å². The number of aromatic nitrogens is 1. The number of anilines is 1. The average molecular weight is 440 g/mol. The standard InChI is InChI=1S/C21H33N3O3S2/c1-2-27-18(25)13-14-28-19-15-22-20(29-19)23-21(26)24(17-11-7-8-12-17)16-9-5-3-4-6-10-16/h15-17H,2-14H2,1H3,(H,22,23,26). The van der Waals surface area contributed by atoms with E-state index in [0.717, 1.165) is 29.9 Å². The zero-order valence-corrected chi connectivity index (χ0v) is 19.0. The Kier molecular flexibility index (Phi) is 9.11. The third-order valence-electron chi connectivity index (χ3n) is 5.72. The molecule has 8 heteroatoms. The third kappa shape index (κ3) is 6.88. The largest absolute Gasteiger partial charge is 0.466 e. The van der Waals surface area contributed by atoms with Gasteiger partial charge in [0.05, 0.1) is 23.4 Å². The second kappa shape index (κ2) is 11.8. The van der Waals surface area contributed by atoms with Crippen LogP contribution in [0.2, 0.25) is 0 Å². The van der Waals surface area contributed by atoms with Crippen LogP contribution in [-0.4, -0.2) is 46.3 Å². The topological polar surface area (TPSA) is 71.5 Å². The second-order valence-corrected chi connectivity index (χ2v) is 10.2. The van der Waals surface area contributed by atoms with Crippen LogP contribution in [0, 0.1) is 0 Å². The van der Waals surface area contributed by atoms with Gasteiger partial charge in [0.2, 0.25) is 0 Å². The molecule has 0 radical (unpaired) electrons. The number of carbonyl (C=O) groups is 2. The van der Waals surface area contributed by atoms with Crippen molar-refractivity contribution >= 4 is 40.2 Å². The molecule has 6 nitrogen and oxygen atoms in total. The Hall–Kier alpha value is -1.28. The number of esters is 1. The number of ether oxygens (including phenoxy) is 1. The number of urea groups is 1. The smallest absolute Gasteiger partial charge is 0.324 e. The molecule has 162 valence electrons. The molecule has 1 N–H and O–H groups in total. The van der Waals surface area contributed by atoms with Crippen molar-refractivity contribution in [1.29, 1.82) is 0 Å². The average Bonchev–Trinajstić information content (AvgIpc) is 3.30. The summed E-state index contributed by atoms with van der Waals surface area (Å²) in [6.45, 7) is 2.23. The lowest BCUT2D eigenvalue weighted by molar-refractivity contribution is -0.142. The number of hydrogen-bond acceptors (Lipinski definition) is 6. The lowest BCUT2D eigenvalue weighted by atomic mass is 10.0. The Balaban J connectivity index is 1.56. The SMILES string of the molecule is CCOC(=O)CCSc1cnc(NC(=O)N(C2CCCCCC2)C2CCCC2)s1. The predicted octanol–water partition coefficient (Wildman–Crippen LogP) is 5.69. The molecule has 0 spiro atoms. The second-order valence-electron chi connectivity index (χ2n) is 7.81. The van der Waals surface area contributed by atoms with Crippen molar-refractivity contribution in [3.8, 4) is 0 Å². The van der Waals surface area contributed by atoms with E-state index in [1.54, 1.807) is 18.0 Å². The summed E-state index contributed by atoms with van der Waals surface area (Å²) in [5, 5.41) is 3.71. The van der Waals surface area contributed by atoms with Crippen molar-refractivity contribution in [2.75, 3.05) is 17.7 Å². The summed E-state index contributed by atoms with van der Waals surface area (Å²) < 4.78 is 5.96. The monoisotopic (exact) mass is 439 g/mol. The molecule has 0 aliphatic heterocycles. The highest BCUT2D eigenvalue weighted by atomic mass is 32.2. The van der Waals surface area contributed by atoms with Crippen LogP contribution in [0.25, 0.3) is 0 Å². The fraction of sp³-hybridized carbons (Fsp3) is 0.762. The highest BCUT2D eigenvalue weighted by Gasteiger charge is 2.33. The molecule has 2 fully saturated rings. The number of nitrogens with one attached hydrogen (secondary N) is 1. The van der Waals surface area contributed by atoms with Gasteiger partial charge in [-0.3, -0.25) is 10.1 Å². The summed E-state index contributed by atoms with van der Waals surface area (Å²) in [4.78, 5) is 31.2. The zero-order valence-electron chi connectivity index (χ0n) is 17.4. The van der Waals surface area contributed by atoms with Gasteiger partial charge in [-0.15, -0.1) is 11.8 Å². The first-order chi connectivity index (χ1) is 14.2. The molecule has 3 rings (SSSR count). The van der Waals surface area contributed by atoms with Crippen molar-refractivity contribution in [2.24, 2.45) is 0 Å². The molecule has 1 aromatic heterocycles. The van der Waals surface area contributed by atoms with Crippen molar-refractivity contribution in [3.63, 3.8) is 0 Å². The summed E-state index contributed by atoms with van der Waals surface area (Å²) in [6.07, 6.45) is 14.1. The molecule has 2 aliphatic carbocycles. The molecular weight excluding hydrogens is 406 g/mol. The van der Waals surface area contributed by atoms with Gasteiger partial charge in [-0.2, -0.15) is 0 Å². The Morgan fingerprint density at radius 2 is 1.76 bits per heavy atom. The van der Waals surface area contributed by atoms with Gasteiger partial charge in [0.25, 0.3) is 0 Å². The summed E-state index contributed by atoms with van der Waals surface area (Å²) in [5.74, 6) is 0.485. The first kappa shape index (κ1) is 22.4. The molecular formula is C21H33N3O3S2. The van der Waals surface area contributed by atoms with Gasteiger partial charge < -0.3 is 9.64 Å². The molecule has 0 saturated heterocycles. The first-order valence-electron chi connectivity index (χ1n) is 11.0. The molecule has 2 saturated carbocycles. The Labute approximate surface area is 182 Å². The fourth-order valence-electron chi connectivity index (χ4n) is 4.36. The van der Waals surface area contributed by atoms with Crippen molar-refractivity contribution in [2.45, 2.75) is 93.8 Å². The first-order valence-corrected chi connectivity index (χ1v) is 12.8. The Morgan fingerprint density at radius 3 is 2.38 bits per heavy atom. The van der Waals surface area contributed by atoms with Crippen LogP contribution in [0.4, 0.5) is 9.93 Å². The van der Waals surface area contributed by atoms with Crippen LogP contribution in [0.5, 0.6) is 0 Å². The lowest BCUT2D eigenvalue weighted by Crippen LogP contribution is -2.48. The molecule has 1 aromatic rings. The number of thioether (sulfide) groups is 1. The van der Waals surface area contributed by atoms with Crippen molar-refractivity contribution in [1.82, 2.24) is 9.88 Å².